The van der Waals surface area contributed by atoms with Crippen LogP contribution in [0.4, 0.5) is 0 Å². The summed E-state index contributed by atoms with van der Waals surface area (Å²) in [5.41, 5.74) is 29.0. The number of carbonyl (C=O) groups is 4. The van der Waals surface area contributed by atoms with E-state index >= 15 is 0 Å². The molecule has 2 aromatic rings. The molecule has 0 aromatic heterocycles. The Kier molecular flexibility index (Phi) is 14.5. The van der Waals surface area contributed by atoms with Crippen molar-refractivity contribution in [2.75, 3.05) is 18.6 Å². The van der Waals surface area contributed by atoms with Crippen LogP contribution in [0.15, 0.2) is 54.6 Å². The Morgan fingerprint density at radius 3 is 1.89 bits per heavy atom. The highest BCUT2D eigenvalue weighted by Gasteiger charge is 2.54. The summed E-state index contributed by atoms with van der Waals surface area (Å²) < 4.78 is 34.9. The van der Waals surface area contributed by atoms with Crippen molar-refractivity contribution in [1.29, 1.82) is 0 Å². The Morgan fingerprint density at radius 1 is 0.822 bits per heavy atom. The summed E-state index contributed by atoms with van der Waals surface area (Å²) >= 11 is 1.39. The minimum absolute atomic E-state index is 0.0309. The summed E-state index contributed by atoms with van der Waals surface area (Å²) in [6, 6.07) is 8.56. The van der Waals surface area contributed by atoms with E-state index < -0.39 is 87.5 Å². The number of hydrogen-bond acceptors (Lipinski definition) is 13. The van der Waals surface area contributed by atoms with Gasteiger partial charge in [-0.05, 0) is 67.4 Å². The van der Waals surface area contributed by atoms with Crippen molar-refractivity contribution in [2.24, 2.45) is 34.1 Å². The van der Waals surface area contributed by atoms with Crippen molar-refractivity contribution in [1.82, 2.24) is 0 Å². The molecule has 2 aromatic carbocycles. The summed E-state index contributed by atoms with van der Waals surface area (Å²) in [7, 11) is -5.15. The van der Waals surface area contributed by atoms with Crippen molar-refractivity contribution in [3.05, 3.63) is 65.7 Å². The van der Waals surface area contributed by atoms with E-state index in [0.717, 1.165) is 0 Å². The van der Waals surface area contributed by atoms with Gasteiger partial charge in [-0.2, -0.15) is 20.2 Å². The second kappa shape index (κ2) is 17.1. The first-order valence-electron chi connectivity index (χ1n) is 14.2. The van der Waals surface area contributed by atoms with Crippen LogP contribution in [0.5, 0.6) is 5.75 Å². The summed E-state index contributed by atoms with van der Waals surface area (Å²) in [6.45, 7) is -0.738. The average molecular weight is 666 g/mol. The number of Topliss-reactive ketones (excluding diaryl/α,β-unsaturated/α-hetero) is 4. The molecule has 0 heterocycles. The maximum absolute atomic E-state index is 14.0. The monoisotopic (exact) mass is 665 g/mol. The minimum Gasteiger partial charge on any atom is -0.508 e. The van der Waals surface area contributed by atoms with Gasteiger partial charge in [0.05, 0.1) is 24.7 Å². The molecule has 0 aliphatic rings. The Labute approximate surface area is 267 Å². The summed E-state index contributed by atoms with van der Waals surface area (Å²) in [5, 5.41) is 7.24. The topological polar surface area (TPSA) is 273 Å². The summed E-state index contributed by atoms with van der Waals surface area (Å²) in [4.78, 5) is 54.7. The van der Waals surface area contributed by atoms with Crippen LogP contribution in [0.1, 0.15) is 30.4 Å². The first-order valence-corrected chi connectivity index (χ1v) is 17.1. The van der Waals surface area contributed by atoms with Gasteiger partial charge in [-0.3, -0.25) is 23.7 Å². The normalized spacial score (nSPS) is 16.5. The first-order chi connectivity index (χ1) is 21.1. The second-order valence-electron chi connectivity index (χ2n) is 11.0. The van der Waals surface area contributed by atoms with E-state index in [1.54, 1.807) is 36.6 Å². The van der Waals surface area contributed by atoms with E-state index in [1.807, 2.05) is 0 Å². The second-order valence-corrected chi connectivity index (χ2v) is 13.5. The van der Waals surface area contributed by atoms with Crippen molar-refractivity contribution in [2.45, 2.75) is 61.5 Å². The highest BCUT2D eigenvalue weighted by molar-refractivity contribution is 7.98. The number of hydrogen-bond donors (Lipinski definition) is 7. The molecule has 0 fully saturated rings. The van der Waals surface area contributed by atoms with Gasteiger partial charge in [-0.15, -0.1) is 0 Å². The first kappa shape index (κ1) is 38.2. The maximum Gasteiger partial charge on any atom is 0.276 e. The van der Waals surface area contributed by atoms with Gasteiger partial charge in [0.15, 0.2) is 28.4 Å². The number of aromatic hydroxyl groups is 1. The van der Waals surface area contributed by atoms with Crippen LogP contribution >= 0.6 is 11.8 Å². The molecule has 45 heavy (non-hydrogen) atoms. The van der Waals surface area contributed by atoms with Gasteiger partial charge in [-0.1, -0.05) is 42.5 Å². The number of phenolic OH excluding ortho intramolecular Hbond substituents is 1. The van der Waals surface area contributed by atoms with E-state index in [-0.39, 0.29) is 25.0 Å². The molecule has 0 radical (unpaired) electrons. The molecule has 0 saturated carbocycles. The van der Waals surface area contributed by atoms with Crippen molar-refractivity contribution in [3.8, 4) is 5.75 Å². The van der Waals surface area contributed by atoms with Crippen LogP contribution in [-0.2, 0) is 42.1 Å². The molecular formula is C30H43N5O8S2. The molecule has 13 nitrogen and oxygen atoms in total. The number of ketones is 4. The van der Waals surface area contributed by atoms with Crippen molar-refractivity contribution in [3.63, 3.8) is 0 Å². The highest BCUT2D eigenvalue weighted by Crippen LogP contribution is 2.33. The third kappa shape index (κ3) is 9.98. The lowest BCUT2D eigenvalue weighted by Gasteiger charge is -2.35. The minimum atomic E-state index is -5.15. The lowest BCUT2D eigenvalue weighted by atomic mass is 9.66. The SMILES string of the molecule is CSCC[C@H](N)C(=O)C(CCC(N)C(C(=O)[C@@H](N)Cc1ccc(O)cc1)S(=O)(=O)O)(C(=O)CN)C(=O)[C@@H](N)Cc1ccccc1. The number of benzene rings is 2. The zero-order valence-electron chi connectivity index (χ0n) is 25.1. The Bertz CT molecular complexity index is 1430. The van der Waals surface area contributed by atoms with Gasteiger partial charge in [0, 0.05) is 6.04 Å². The largest absolute Gasteiger partial charge is 0.508 e. The third-order valence-electron chi connectivity index (χ3n) is 7.71. The fraction of sp³-hybridized carbons (Fsp3) is 0.467. The van der Waals surface area contributed by atoms with Crippen LogP contribution in [0, 0.1) is 5.41 Å². The molecule has 0 bridgehead atoms. The molecule has 0 spiro atoms. The van der Waals surface area contributed by atoms with Gasteiger partial charge in [-0.25, -0.2) is 0 Å². The summed E-state index contributed by atoms with van der Waals surface area (Å²) in [6.07, 6.45) is 0.488. The highest BCUT2D eigenvalue weighted by atomic mass is 32.2. The van der Waals surface area contributed by atoms with Crippen LogP contribution < -0.4 is 28.7 Å². The molecule has 6 atom stereocenters. The average Bonchev–Trinajstić information content (AvgIpc) is 3.00. The van der Waals surface area contributed by atoms with Crippen LogP contribution in [0.3, 0.4) is 0 Å². The van der Waals surface area contributed by atoms with E-state index in [1.165, 1.54) is 36.0 Å². The van der Waals surface area contributed by atoms with E-state index in [2.05, 4.69) is 0 Å². The van der Waals surface area contributed by atoms with Crippen LogP contribution in [0.2, 0.25) is 0 Å². The van der Waals surface area contributed by atoms with Crippen LogP contribution in [-0.4, -0.2) is 89.2 Å². The number of thioether (sulfide) groups is 1. The summed E-state index contributed by atoms with van der Waals surface area (Å²) in [5.74, 6) is -3.60. The molecule has 2 rings (SSSR count). The molecule has 0 amide bonds. The smallest absolute Gasteiger partial charge is 0.276 e. The molecular weight excluding hydrogens is 622 g/mol. The van der Waals surface area contributed by atoms with Crippen molar-refractivity contribution < 1.29 is 37.3 Å². The van der Waals surface area contributed by atoms with E-state index in [9.17, 15) is 37.3 Å². The van der Waals surface area contributed by atoms with Crippen LogP contribution in [0.25, 0.3) is 0 Å². The zero-order chi connectivity index (χ0) is 33.9. The number of rotatable bonds is 20. The van der Waals surface area contributed by atoms with E-state index in [0.29, 0.717) is 16.9 Å². The Morgan fingerprint density at radius 2 is 1.36 bits per heavy atom. The van der Waals surface area contributed by atoms with Crippen molar-refractivity contribution >= 4 is 45.0 Å². The molecule has 0 aliphatic carbocycles. The Balaban J connectivity index is 2.48. The zero-order valence-corrected chi connectivity index (χ0v) is 26.7. The fourth-order valence-corrected chi connectivity index (χ4v) is 6.77. The third-order valence-corrected chi connectivity index (χ3v) is 9.58. The number of nitrogens with two attached hydrogens (primary N) is 5. The van der Waals surface area contributed by atoms with Gasteiger partial charge in [0.2, 0.25) is 0 Å². The maximum atomic E-state index is 14.0. The standard InChI is InChI=1S/C30H43N5O8S2/c1-44-14-12-22(33)28(39)30(25(37)17-31,29(40)24(35)16-18-5-3-2-4-6-18)13-11-21(32)27(45(41,42)43)26(38)23(34)15-19-7-9-20(36)10-8-19/h2-10,21-24,27,36H,11-17,31-35H2,1H3,(H,41,42,43)/t21?,22-,23-,24-,27?,30?/m0/s1. The van der Waals surface area contributed by atoms with E-state index in [4.69, 9.17) is 28.7 Å². The van der Waals surface area contributed by atoms with Gasteiger partial charge in [0.25, 0.3) is 10.1 Å². The van der Waals surface area contributed by atoms with Gasteiger partial charge < -0.3 is 33.8 Å². The molecule has 0 aliphatic heterocycles. The number of carbonyl (C=O) groups excluding carboxylic acids is 4. The molecule has 3 unspecified atom stereocenters. The lowest BCUT2D eigenvalue weighted by molar-refractivity contribution is -0.150. The van der Waals surface area contributed by atoms with Gasteiger partial charge >= 0.3 is 0 Å². The lowest BCUT2D eigenvalue weighted by Crippen LogP contribution is -2.60. The number of phenols is 1. The predicted molar refractivity (Wildman–Crippen MR) is 173 cm³/mol. The molecule has 12 N–H and O–H groups in total. The Hall–Kier alpha value is -3.02. The molecule has 0 saturated heterocycles. The fourth-order valence-electron chi connectivity index (χ4n) is 5.24. The van der Waals surface area contributed by atoms with Gasteiger partial charge in [0.1, 0.15) is 11.2 Å². The molecule has 248 valence electrons. The predicted octanol–water partition coefficient (Wildman–Crippen LogP) is -0.502. The molecule has 15 heteroatoms. The quantitative estimate of drug-likeness (QED) is 0.0694.